The molecule has 0 nitrogen and oxygen atoms in total. The van der Waals surface area contributed by atoms with E-state index in [1.54, 1.807) is 0 Å². The van der Waals surface area contributed by atoms with Crippen LogP contribution in [0.15, 0.2) is 48.6 Å². The van der Waals surface area contributed by atoms with E-state index in [0.717, 1.165) is 17.9 Å². The molecule has 0 bridgehead atoms. The van der Waals surface area contributed by atoms with Crippen molar-refractivity contribution in [1.29, 1.82) is 0 Å². The minimum Gasteiger partial charge on any atom is -1.00 e. The monoisotopic (exact) mass is 501 g/mol. The van der Waals surface area contributed by atoms with Gasteiger partial charge in [-0.15, -0.1) is 29.1 Å². The Hall–Kier alpha value is -0.0369. The van der Waals surface area contributed by atoms with Gasteiger partial charge in [-0.05, 0) is 24.1 Å². The van der Waals surface area contributed by atoms with Crippen molar-refractivity contribution in [2.24, 2.45) is 0 Å². The molecule has 0 amide bonds. The molecule has 0 spiro atoms. The largest absolute Gasteiger partial charge is 2.00 e. The van der Waals surface area contributed by atoms with Crippen molar-refractivity contribution in [2.75, 3.05) is 0 Å². The van der Waals surface area contributed by atoms with Crippen LogP contribution >= 0.6 is 23.2 Å². The van der Waals surface area contributed by atoms with E-state index >= 15 is 0 Å². The second-order valence-electron chi connectivity index (χ2n) is 5.26. The fourth-order valence-corrected chi connectivity index (χ4v) is 2.78. The van der Waals surface area contributed by atoms with Gasteiger partial charge in [0.25, 0.3) is 0 Å². The van der Waals surface area contributed by atoms with Crippen LogP contribution in [0.4, 0.5) is 0 Å². The molecule has 0 atom stereocenters. The van der Waals surface area contributed by atoms with Crippen LogP contribution in [0.5, 0.6) is 0 Å². The first kappa shape index (κ1) is 28.2. The Morgan fingerprint density at radius 1 is 1.00 bits per heavy atom. The van der Waals surface area contributed by atoms with Crippen LogP contribution in [0.2, 0.25) is 10.0 Å². The summed E-state index contributed by atoms with van der Waals surface area (Å²) in [5, 5.41) is 1.46. The third-order valence-corrected chi connectivity index (χ3v) is 3.76. The Kier molecular flexibility index (Phi) is 16.2. The van der Waals surface area contributed by atoms with Crippen molar-refractivity contribution in [3.63, 3.8) is 0 Å². The Morgan fingerprint density at radius 2 is 1.65 bits per heavy atom. The summed E-state index contributed by atoms with van der Waals surface area (Å²) in [6.07, 6.45) is 12.9. The van der Waals surface area contributed by atoms with E-state index in [1.165, 1.54) is 22.3 Å². The van der Waals surface area contributed by atoms with Gasteiger partial charge in [0, 0.05) is 5.02 Å². The molecule has 0 saturated heterocycles. The summed E-state index contributed by atoms with van der Waals surface area (Å²) in [7, 11) is 0. The van der Waals surface area contributed by atoms with Crippen LogP contribution in [0, 0.1) is 18.6 Å². The Labute approximate surface area is 199 Å². The molecule has 26 heavy (non-hydrogen) atoms. The normalized spacial score (nSPS) is 11.2. The SMILES string of the molecule is C[CH-]C.Clc1[c-]c2c(cc1)-c1ccc(Cl)cc1C2.[C-]1=CC=CC1.[Cl-].[Cl-].[Zr+2]. The summed E-state index contributed by atoms with van der Waals surface area (Å²) in [4.78, 5) is 0. The van der Waals surface area contributed by atoms with E-state index in [2.05, 4.69) is 24.3 Å². The third-order valence-electron chi connectivity index (χ3n) is 3.30. The van der Waals surface area contributed by atoms with Gasteiger partial charge in [0.1, 0.15) is 0 Å². The molecule has 4 rings (SSSR count). The fraction of sp³-hybridized carbons (Fsp3) is 0.190. The van der Waals surface area contributed by atoms with Gasteiger partial charge in [-0.25, -0.2) is 12.2 Å². The Balaban J connectivity index is 0. The van der Waals surface area contributed by atoms with Gasteiger partial charge in [0.2, 0.25) is 0 Å². The summed E-state index contributed by atoms with van der Waals surface area (Å²) in [5.41, 5.74) is 4.91. The number of rotatable bonds is 0. The molecule has 138 valence electrons. The molecule has 2 aliphatic carbocycles. The molecule has 0 radical (unpaired) electrons. The van der Waals surface area contributed by atoms with E-state index in [0.29, 0.717) is 5.02 Å². The van der Waals surface area contributed by atoms with Gasteiger partial charge in [0.05, 0.1) is 0 Å². The van der Waals surface area contributed by atoms with Crippen LogP contribution in [0.1, 0.15) is 31.4 Å². The van der Waals surface area contributed by atoms with Gasteiger partial charge in [-0.1, -0.05) is 28.3 Å². The maximum atomic E-state index is 5.96. The molecule has 0 saturated carbocycles. The number of hydrogen-bond donors (Lipinski definition) is 0. The summed E-state index contributed by atoms with van der Waals surface area (Å²) >= 11 is 11.9. The minimum absolute atomic E-state index is 0. The first-order chi connectivity index (χ1) is 11.2. The molecule has 2 aromatic rings. The van der Waals surface area contributed by atoms with Crippen molar-refractivity contribution in [3.05, 3.63) is 88.3 Å². The standard InChI is InChI=1S/C13H7Cl2.C5H5.C3H7.2ClH.Zr/c14-10-1-3-12-8(6-10)5-9-7-11(15)2-4-13(9)12;1-2-4-5-3-1;1-3-2;;;/h1-4,6H,5H2;1-3H,4H2;3H,1-2H3;2*1H;/q3*-1;;;+2/p-2. The first-order valence-electron chi connectivity index (χ1n) is 7.61. The van der Waals surface area contributed by atoms with E-state index < -0.39 is 0 Å². The third kappa shape index (κ3) is 8.32. The average molecular weight is 504 g/mol. The van der Waals surface area contributed by atoms with Gasteiger partial charge >= 0.3 is 26.2 Å². The van der Waals surface area contributed by atoms with Gasteiger partial charge in [-0.3, -0.25) is 6.08 Å². The summed E-state index contributed by atoms with van der Waals surface area (Å²) in [6.45, 7) is 4.00. The van der Waals surface area contributed by atoms with Crippen molar-refractivity contribution in [2.45, 2.75) is 26.7 Å². The van der Waals surface area contributed by atoms with Gasteiger partial charge < -0.3 is 31.2 Å². The zero-order valence-corrected chi connectivity index (χ0v) is 20.1. The fourth-order valence-electron chi connectivity index (χ4n) is 2.40. The van der Waals surface area contributed by atoms with Crippen molar-refractivity contribution >= 4 is 23.2 Å². The van der Waals surface area contributed by atoms with Crippen LogP contribution in [-0.4, -0.2) is 0 Å². The molecule has 0 aromatic heterocycles. The van der Waals surface area contributed by atoms with Crippen LogP contribution in [0.3, 0.4) is 0 Å². The second-order valence-corrected chi connectivity index (χ2v) is 6.10. The number of allylic oxidation sites excluding steroid dienone is 4. The van der Waals surface area contributed by atoms with Crippen molar-refractivity contribution in [3.8, 4) is 11.1 Å². The zero-order chi connectivity index (χ0) is 16.7. The molecular formula is C21H19Cl4Zr-3. The summed E-state index contributed by atoms with van der Waals surface area (Å²) in [5.74, 6) is 0. The first-order valence-corrected chi connectivity index (χ1v) is 8.36. The van der Waals surface area contributed by atoms with Crippen LogP contribution in [-0.2, 0) is 32.6 Å². The number of fused-ring (bicyclic) bond motifs is 3. The van der Waals surface area contributed by atoms with E-state index in [9.17, 15) is 0 Å². The molecule has 5 heteroatoms. The molecule has 0 heterocycles. The molecule has 2 aromatic carbocycles. The maximum Gasteiger partial charge on any atom is 2.00 e. The second kappa shape index (κ2) is 15.0. The van der Waals surface area contributed by atoms with E-state index in [1.807, 2.05) is 56.7 Å². The van der Waals surface area contributed by atoms with E-state index in [-0.39, 0.29) is 51.0 Å². The topological polar surface area (TPSA) is 0 Å². The molecule has 0 unspecified atom stereocenters. The van der Waals surface area contributed by atoms with Gasteiger partial charge in [0.15, 0.2) is 0 Å². The quantitative estimate of drug-likeness (QED) is 0.400. The smallest absolute Gasteiger partial charge is 1.00 e. The predicted molar refractivity (Wildman–Crippen MR) is 101 cm³/mol. The molecular weight excluding hydrogens is 485 g/mol. The molecule has 2 aliphatic rings. The van der Waals surface area contributed by atoms with Crippen molar-refractivity contribution in [1.82, 2.24) is 0 Å². The maximum absolute atomic E-state index is 5.96. The zero-order valence-electron chi connectivity index (χ0n) is 14.6. The average Bonchev–Trinajstić information content (AvgIpc) is 3.17. The van der Waals surface area contributed by atoms with E-state index in [4.69, 9.17) is 23.2 Å². The molecule has 0 aliphatic heterocycles. The summed E-state index contributed by atoms with van der Waals surface area (Å²) < 4.78 is 0. The number of hydrogen-bond acceptors (Lipinski definition) is 0. The van der Waals surface area contributed by atoms with Crippen LogP contribution < -0.4 is 24.8 Å². The minimum atomic E-state index is 0. The molecule has 0 N–H and O–H groups in total. The summed E-state index contributed by atoms with van der Waals surface area (Å²) in [6, 6.07) is 13.1. The number of halogens is 4. The Morgan fingerprint density at radius 3 is 2.19 bits per heavy atom. The number of benzene rings is 2. The van der Waals surface area contributed by atoms with Crippen molar-refractivity contribution < 1.29 is 51.0 Å². The Bertz CT molecular complexity index is 664. The van der Waals surface area contributed by atoms with Gasteiger partial charge in [-0.2, -0.15) is 38.1 Å². The van der Waals surface area contributed by atoms with Crippen LogP contribution in [0.25, 0.3) is 11.1 Å². The predicted octanol–water partition coefficient (Wildman–Crippen LogP) is 0.906. The molecule has 0 fully saturated rings.